The molecule has 3 heteroatoms. The van der Waals surface area contributed by atoms with Crippen LogP contribution < -0.4 is 5.32 Å². The first kappa shape index (κ1) is 16.8. The number of hydrogen-bond donors (Lipinski definition) is 1. The highest BCUT2D eigenvalue weighted by Crippen LogP contribution is 2.34. The van der Waals surface area contributed by atoms with E-state index in [0.717, 1.165) is 25.7 Å². The van der Waals surface area contributed by atoms with Gasteiger partial charge in [0.05, 0.1) is 12.2 Å². The fourth-order valence-electron chi connectivity index (χ4n) is 4.25. The first-order chi connectivity index (χ1) is 10.2. The van der Waals surface area contributed by atoms with E-state index in [-0.39, 0.29) is 6.04 Å². The summed E-state index contributed by atoms with van der Waals surface area (Å²) in [6, 6.07) is 0.577. The van der Waals surface area contributed by atoms with E-state index in [2.05, 4.69) is 31.0 Å². The smallest absolute Gasteiger partial charge is 0.241 e. The largest absolute Gasteiger partial charge is 0.323 e. The summed E-state index contributed by atoms with van der Waals surface area (Å²) in [5.74, 6) is 1.11. The number of carbonyl (C=O) groups excluding carboxylic acids is 1. The standard InChI is InChI=1S/C18H34N2O/c1-4-7-12-15-18(21)20(17(19-15)10-5-2)16-13-9-8-11-14(16)6-3/h14-17,19H,4-13H2,1-3H3. The van der Waals surface area contributed by atoms with Crippen LogP contribution in [-0.4, -0.2) is 29.1 Å². The molecule has 2 fully saturated rings. The Hall–Kier alpha value is -0.570. The molecule has 4 unspecified atom stereocenters. The molecule has 1 aliphatic heterocycles. The van der Waals surface area contributed by atoms with Gasteiger partial charge in [0.1, 0.15) is 0 Å². The highest BCUT2D eigenvalue weighted by Gasteiger charge is 2.43. The molecule has 1 amide bonds. The lowest BCUT2D eigenvalue weighted by atomic mass is 9.81. The highest BCUT2D eigenvalue weighted by atomic mass is 16.2. The summed E-state index contributed by atoms with van der Waals surface area (Å²) in [6.45, 7) is 6.72. The molecule has 2 aliphatic rings. The molecule has 1 saturated carbocycles. The molecule has 2 rings (SSSR count). The number of unbranched alkanes of at least 4 members (excludes halogenated alkanes) is 1. The van der Waals surface area contributed by atoms with Crippen molar-refractivity contribution in [2.45, 2.75) is 103 Å². The van der Waals surface area contributed by atoms with Gasteiger partial charge in [0.15, 0.2) is 0 Å². The van der Waals surface area contributed by atoms with Crippen molar-refractivity contribution in [2.24, 2.45) is 5.92 Å². The van der Waals surface area contributed by atoms with Gasteiger partial charge in [-0.1, -0.05) is 59.3 Å². The van der Waals surface area contributed by atoms with Crippen LogP contribution in [0.5, 0.6) is 0 Å². The van der Waals surface area contributed by atoms with E-state index in [1.807, 2.05) is 0 Å². The monoisotopic (exact) mass is 294 g/mol. The fourth-order valence-corrected chi connectivity index (χ4v) is 4.25. The Morgan fingerprint density at radius 1 is 1.10 bits per heavy atom. The van der Waals surface area contributed by atoms with Crippen molar-refractivity contribution in [3.05, 3.63) is 0 Å². The molecular formula is C18H34N2O. The Morgan fingerprint density at radius 3 is 2.52 bits per heavy atom. The van der Waals surface area contributed by atoms with Gasteiger partial charge in [0, 0.05) is 6.04 Å². The zero-order valence-corrected chi connectivity index (χ0v) is 14.2. The van der Waals surface area contributed by atoms with Crippen molar-refractivity contribution in [1.82, 2.24) is 10.2 Å². The average Bonchev–Trinajstić information content (AvgIpc) is 2.81. The minimum atomic E-state index is 0.0842. The third-order valence-corrected chi connectivity index (χ3v) is 5.44. The van der Waals surface area contributed by atoms with Crippen LogP contribution in [0.15, 0.2) is 0 Å². The Kier molecular flexibility index (Phi) is 6.53. The van der Waals surface area contributed by atoms with Gasteiger partial charge in [-0.05, 0) is 31.6 Å². The third-order valence-electron chi connectivity index (χ3n) is 5.44. The minimum Gasteiger partial charge on any atom is -0.323 e. The van der Waals surface area contributed by atoms with Crippen molar-refractivity contribution in [2.75, 3.05) is 0 Å². The average molecular weight is 294 g/mol. The van der Waals surface area contributed by atoms with E-state index in [4.69, 9.17) is 0 Å². The van der Waals surface area contributed by atoms with Crippen LogP contribution in [0, 0.1) is 5.92 Å². The lowest BCUT2D eigenvalue weighted by Gasteiger charge is -2.40. The quantitative estimate of drug-likeness (QED) is 0.767. The van der Waals surface area contributed by atoms with E-state index >= 15 is 0 Å². The maximum Gasteiger partial charge on any atom is 0.241 e. The minimum absolute atomic E-state index is 0.0842. The summed E-state index contributed by atoms with van der Waals surface area (Å²) in [6.07, 6.45) is 12.3. The first-order valence-electron chi connectivity index (χ1n) is 9.31. The van der Waals surface area contributed by atoms with E-state index in [9.17, 15) is 4.79 Å². The van der Waals surface area contributed by atoms with Crippen molar-refractivity contribution in [3.8, 4) is 0 Å². The maximum atomic E-state index is 12.9. The van der Waals surface area contributed by atoms with E-state index < -0.39 is 0 Å². The van der Waals surface area contributed by atoms with E-state index in [1.54, 1.807) is 0 Å². The van der Waals surface area contributed by atoms with Crippen LogP contribution in [0.3, 0.4) is 0 Å². The maximum absolute atomic E-state index is 12.9. The highest BCUT2D eigenvalue weighted by molar-refractivity contribution is 5.84. The van der Waals surface area contributed by atoms with Crippen LogP contribution in [0.2, 0.25) is 0 Å². The van der Waals surface area contributed by atoms with Crippen LogP contribution >= 0.6 is 0 Å². The lowest BCUT2D eigenvalue weighted by molar-refractivity contribution is -0.134. The van der Waals surface area contributed by atoms with Gasteiger partial charge in [-0.3, -0.25) is 10.1 Å². The Labute approximate surface area is 130 Å². The van der Waals surface area contributed by atoms with E-state index in [0.29, 0.717) is 24.0 Å². The SMILES string of the molecule is CCCCC1NC(CCC)N(C2CCCCC2CC)C1=O. The Bertz CT molecular complexity index is 331. The van der Waals surface area contributed by atoms with Crippen molar-refractivity contribution >= 4 is 5.91 Å². The molecule has 1 N–H and O–H groups in total. The molecule has 122 valence electrons. The Morgan fingerprint density at radius 2 is 1.86 bits per heavy atom. The predicted octanol–water partition coefficient (Wildman–Crippen LogP) is 4.07. The Balaban J connectivity index is 2.10. The molecular weight excluding hydrogens is 260 g/mol. The lowest BCUT2D eigenvalue weighted by Crippen LogP contribution is -2.49. The molecule has 0 aromatic rings. The van der Waals surface area contributed by atoms with Crippen molar-refractivity contribution < 1.29 is 4.79 Å². The first-order valence-corrected chi connectivity index (χ1v) is 9.31. The van der Waals surface area contributed by atoms with Crippen molar-refractivity contribution in [1.29, 1.82) is 0 Å². The van der Waals surface area contributed by atoms with E-state index in [1.165, 1.54) is 38.5 Å². The van der Waals surface area contributed by atoms with Crippen LogP contribution in [0.4, 0.5) is 0 Å². The van der Waals surface area contributed by atoms with Gasteiger partial charge < -0.3 is 4.90 Å². The fraction of sp³-hybridized carbons (Fsp3) is 0.944. The van der Waals surface area contributed by atoms with Gasteiger partial charge in [0.2, 0.25) is 5.91 Å². The summed E-state index contributed by atoms with van der Waals surface area (Å²) in [4.78, 5) is 15.2. The number of nitrogens with zero attached hydrogens (tertiary/aromatic N) is 1. The summed E-state index contributed by atoms with van der Waals surface area (Å²) in [5, 5.41) is 3.64. The number of carbonyl (C=O) groups is 1. The molecule has 1 saturated heterocycles. The zero-order chi connectivity index (χ0) is 15.2. The molecule has 4 atom stereocenters. The van der Waals surface area contributed by atoms with Crippen LogP contribution in [0.1, 0.15) is 85.0 Å². The topological polar surface area (TPSA) is 32.3 Å². The normalized spacial score (nSPS) is 33.7. The van der Waals surface area contributed by atoms with Crippen LogP contribution in [-0.2, 0) is 4.79 Å². The van der Waals surface area contributed by atoms with Crippen LogP contribution in [0.25, 0.3) is 0 Å². The van der Waals surface area contributed by atoms with Gasteiger partial charge >= 0.3 is 0 Å². The molecule has 0 spiro atoms. The van der Waals surface area contributed by atoms with Gasteiger partial charge in [-0.25, -0.2) is 0 Å². The number of hydrogen-bond acceptors (Lipinski definition) is 2. The molecule has 0 aromatic heterocycles. The summed E-state index contributed by atoms with van der Waals surface area (Å²) < 4.78 is 0. The van der Waals surface area contributed by atoms with Gasteiger partial charge in [0.25, 0.3) is 0 Å². The summed E-state index contributed by atoms with van der Waals surface area (Å²) in [5.41, 5.74) is 0. The predicted molar refractivity (Wildman–Crippen MR) is 88.0 cm³/mol. The number of nitrogens with one attached hydrogen (secondary N) is 1. The zero-order valence-electron chi connectivity index (χ0n) is 14.2. The van der Waals surface area contributed by atoms with Gasteiger partial charge in [-0.2, -0.15) is 0 Å². The molecule has 1 heterocycles. The molecule has 1 aliphatic carbocycles. The second-order valence-corrected chi connectivity index (χ2v) is 6.93. The summed E-state index contributed by atoms with van der Waals surface area (Å²) in [7, 11) is 0. The molecule has 0 bridgehead atoms. The number of rotatable bonds is 7. The number of amides is 1. The third kappa shape index (κ3) is 3.80. The summed E-state index contributed by atoms with van der Waals surface area (Å²) >= 11 is 0. The molecule has 3 nitrogen and oxygen atoms in total. The van der Waals surface area contributed by atoms with Gasteiger partial charge in [-0.15, -0.1) is 0 Å². The second-order valence-electron chi connectivity index (χ2n) is 6.93. The molecule has 0 aromatic carbocycles. The molecule has 21 heavy (non-hydrogen) atoms. The second kappa shape index (κ2) is 8.17. The van der Waals surface area contributed by atoms with Crippen molar-refractivity contribution in [3.63, 3.8) is 0 Å². The molecule has 0 radical (unpaired) electrons.